The summed E-state index contributed by atoms with van der Waals surface area (Å²) in [6, 6.07) is 3.53. The highest BCUT2D eigenvalue weighted by Crippen LogP contribution is 2.25. The van der Waals surface area contributed by atoms with E-state index < -0.39 is 74.9 Å². The van der Waals surface area contributed by atoms with Gasteiger partial charge < -0.3 is 18.4 Å². The van der Waals surface area contributed by atoms with Crippen LogP contribution in [-0.4, -0.2) is 58.5 Å². The zero-order valence-electron chi connectivity index (χ0n) is 17.3. The number of nitro benzene ring substituents is 1. The summed E-state index contributed by atoms with van der Waals surface area (Å²) in [5.41, 5.74) is -0.387. The lowest BCUT2D eigenvalue weighted by atomic mass is 9.90. The molecule has 13 nitrogen and oxygen atoms in total. The first-order valence-corrected chi connectivity index (χ1v) is 10.3. The molecule has 0 aliphatic carbocycles. The molecule has 0 saturated carbocycles. The molecule has 0 N–H and O–H groups in total. The molecule has 14 heteroatoms. The second-order valence-electron chi connectivity index (χ2n) is 6.32. The van der Waals surface area contributed by atoms with Crippen LogP contribution < -0.4 is 0 Å². The first-order chi connectivity index (χ1) is 14.9. The normalized spacial score (nSPS) is 12.7. The van der Waals surface area contributed by atoms with Gasteiger partial charge in [0.15, 0.2) is 0 Å². The first-order valence-electron chi connectivity index (χ1n) is 8.89. The summed E-state index contributed by atoms with van der Waals surface area (Å²) in [5, 5.41) is 10.7. The SMILES string of the molecule is COC(=O)CC(CC(CC(=O)OC)C(=O)OS(=O)(=O)c1ccc([N+](=O)[O-])cc1)C(=O)OC. The molecule has 176 valence electrons. The molecule has 0 aliphatic rings. The quantitative estimate of drug-likeness (QED) is 0.144. The fraction of sp³-hybridized carbons (Fsp3) is 0.444. The Balaban J connectivity index is 3.14. The summed E-state index contributed by atoms with van der Waals surface area (Å²) in [7, 11) is -1.56. The van der Waals surface area contributed by atoms with Crippen molar-refractivity contribution in [3.8, 4) is 0 Å². The van der Waals surface area contributed by atoms with Gasteiger partial charge in [0, 0.05) is 12.1 Å². The van der Waals surface area contributed by atoms with Crippen molar-refractivity contribution in [3.63, 3.8) is 0 Å². The summed E-state index contributed by atoms with van der Waals surface area (Å²) < 4.78 is 42.9. The molecule has 32 heavy (non-hydrogen) atoms. The molecule has 1 rings (SSSR count). The Morgan fingerprint density at radius 1 is 0.875 bits per heavy atom. The lowest BCUT2D eigenvalue weighted by molar-refractivity contribution is -0.384. The van der Waals surface area contributed by atoms with E-state index in [0.717, 1.165) is 45.6 Å². The van der Waals surface area contributed by atoms with Crippen molar-refractivity contribution in [3.05, 3.63) is 34.4 Å². The largest absolute Gasteiger partial charge is 0.469 e. The number of carbonyl (C=O) groups is 4. The van der Waals surface area contributed by atoms with Crippen LogP contribution in [0.5, 0.6) is 0 Å². The number of non-ortho nitro benzene ring substituents is 1. The van der Waals surface area contributed by atoms with Crippen molar-refractivity contribution in [1.82, 2.24) is 0 Å². The summed E-state index contributed by atoms with van der Waals surface area (Å²) in [4.78, 5) is 57.3. The topological polar surface area (TPSA) is 182 Å². The van der Waals surface area contributed by atoms with Gasteiger partial charge in [-0.2, -0.15) is 8.42 Å². The molecule has 0 bridgehead atoms. The second kappa shape index (κ2) is 11.7. The van der Waals surface area contributed by atoms with Crippen molar-refractivity contribution in [1.29, 1.82) is 0 Å². The smallest absolute Gasteiger partial charge is 0.341 e. The number of methoxy groups -OCH3 is 3. The monoisotopic (exact) mass is 475 g/mol. The van der Waals surface area contributed by atoms with Crippen molar-refractivity contribution in [2.75, 3.05) is 21.3 Å². The number of carbonyl (C=O) groups excluding carboxylic acids is 4. The van der Waals surface area contributed by atoms with Gasteiger partial charge in [0.1, 0.15) is 4.90 Å². The van der Waals surface area contributed by atoms with Gasteiger partial charge in [-0.1, -0.05) is 0 Å². The zero-order chi connectivity index (χ0) is 24.5. The highest BCUT2D eigenvalue weighted by molar-refractivity contribution is 7.87. The number of hydrogen-bond acceptors (Lipinski definition) is 12. The van der Waals surface area contributed by atoms with Gasteiger partial charge in [-0.15, -0.1) is 0 Å². The van der Waals surface area contributed by atoms with Crippen LogP contribution in [0.1, 0.15) is 19.3 Å². The highest BCUT2D eigenvalue weighted by atomic mass is 32.2. The van der Waals surface area contributed by atoms with Gasteiger partial charge in [-0.25, -0.2) is 0 Å². The zero-order valence-corrected chi connectivity index (χ0v) is 18.2. The Hall–Kier alpha value is -3.55. The van der Waals surface area contributed by atoms with Crippen LogP contribution in [0.15, 0.2) is 29.2 Å². The van der Waals surface area contributed by atoms with Crippen LogP contribution in [0.2, 0.25) is 0 Å². The molecular formula is C18H21NO12S. The number of hydrogen-bond donors (Lipinski definition) is 0. The molecule has 0 aromatic heterocycles. The van der Waals surface area contributed by atoms with Gasteiger partial charge in [0.2, 0.25) is 0 Å². The average Bonchev–Trinajstić information content (AvgIpc) is 2.76. The molecule has 0 heterocycles. The summed E-state index contributed by atoms with van der Waals surface area (Å²) in [6.07, 6.45) is -1.63. The van der Waals surface area contributed by atoms with E-state index in [1.54, 1.807) is 0 Å². The number of ether oxygens (including phenoxy) is 3. The molecule has 1 aromatic rings. The Labute approximate surface area is 182 Å². The molecule has 1 aromatic carbocycles. The molecule has 0 amide bonds. The van der Waals surface area contributed by atoms with E-state index in [0.29, 0.717) is 0 Å². The second-order valence-corrected chi connectivity index (χ2v) is 7.87. The number of nitrogens with zero attached hydrogens (tertiary/aromatic N) is 1. The molecule has 0 fully saturated rings. The summed E-state index contributed by atoms with van der Waals surface area (Å²) in [6.45, 7) is 0. The van der Waals surface area contributed by atoms with Gasteiger partial charge in [-0.05, 0) is 18.6 Å². The molecule has 0 radical (unpaired) electrons. The van der Waals surface area contributed by atoms with E-state index >= 15 is 0 Å². The fourth-order valence-corrected chi connectivity index (χ4v) is 3.48. The lowest BCUT2D eigenvalue weighted by Crippen LogP contribution is -2.30. The van der Waals surface area contributed by atoms with Crippen molar-refractivity contribution in [2.45, 2.75) is 24.2 Å². The maximum Gasteiger partial charge on any atom is 0.341 e. The minimum Gasteiger partial charge on any atom is -0.469 e. The Morgan fingerprint density at radius 2 is 1.34 bits per heavy atom. The minimum absolute atomic E-state index is 0.387. The van der Waals surface area contributed by atoms with Crippen molar-refractivity contribution in [2.24, 2.45) is 11.8 Å². The van der Waals surface area contributed by atoms with Crippen LogP contribution >= 0.6 is 0 Å². The standard InChI is InChI=1S/C18H21NO12S/c1-28-15(20)9-11(17(22)30-3)8-12(10-16(21)29-2)18(23)31-32(26,27)14-6-4-13(5-7-14)19(24)25/h4-7,11-12H,8-10H2,1-3H3. The number of benzene rings is 1. The summed E-state index contributed by atoms with van der Waals surface area (Å²) in [5.74, 6) is -6.73. The third-order valence-corrected chi connectivity index (χ3v) is 5.48. The van der Waals surface area contributed by atoms with Gasteiger partial charge >= 0.3 is 34.0 Å². The van der Waals surface area contributed by atoms with Crippen molar-refractivity contribution < 1.29 is 50.9 Å². The first kappa shape index (κ1) is 26.5. The van der Waals surface area contributed by atoms with Crippen LogP contribution in [0.3, 0.4) is 0 Å². The van der Waals surface area contributed by atoms with Gasteiger partial charge in [-0.3, -0.25) is 29.3 Å². The Bertz CT molecular complexity index is 970. The third kappa shape index (κ3) is 7.61. The maximum atomic E-state index is 12.6. The highest BCUT2D eigenvalue weighted by Gasteiger charge is 2.35. The Morgan fingerprint density at radius 3 is 1.75 bits per heavy atom. The van der Waals surface area contributed by atoms with Crippen molar-refractivity contribution >= 4 is 39.7 Å². The van der Waals surface area contributed by atoms with Crippen LogP contribution in [-0.2, 0) is 47.7 Å². The number of esters is 3. The maximum absolute atomic E-state index is 12.6. The lowest BCUT2D eigenvalue weighted by Gasteiger charge is -2.19. The van der Waals surface area contributed by atoms with E-state index in [2.05, 4.69) is 18.4 Å². The molecule has 0 saturated heterocycles. The van der Waals surface area contributed by atoms with Crippen LogP contribution in [0, 0.1) is 22.0 Å². The van der Waals surface area contributed by atoms with E-state index in [-0.39, 0.29) is 5.69 Å². The average molecular weight is 475 g/mol. The fourth-order valence-electron chi connectivity index (χ4n) is 2.56. The molecule has 2 unspecified atom stereocenters. The predicted octanol–water partition coefficient (Wildman–Crippen LogP) is 0.748. The number of nitro groups is 1. The Kier molecular flexibility index (Phi) is 9.71. The third-order valence-electron chi connectivity index (χ3n) is 4.25. The molecule has 2 atom stereocenters. The van der Waals surface area contributed by atoms with E-state index in [4.69, 9.17) is 0 Å². The van der Waals surface area contributed by atoms with Gasteiger partial charge in [0.05, 0.1) is 50.9 Å². The molecule has 0 aliphatic heterocycles. The summed E-state index contributed by atoms with van der Waals surface area (Å²) >= 11 is 0. The van der Waals surface area contributed by atoms with E-state index in [1.165, 1.54) is 0 Å². The van der Waals surface area contributed by atoms with Crippen LogP contribution in [0.4, 0.5) is 5.69 Å². The van der Waals surface area contributed by atoms with Gasteiger partial charge in [0.25, 0.3) is 5.69 Å². The van der Waals surface area contributed by atoms with E-state index in [9.17, 15) is 37.7 Å². The predicted molar refractivity (Wildman–Crippen MR) is 103 cm³/mol. The van der Waals surface area contributed by atoms with Crippen LogP contribution in [0.25, 0.3) is 0 Å². The molecule has 0 spiro atoms. The minimum atomic E-state index is -4.71. The number of rotatable bonds is 11. The van der Waals surface area contributed by atoms with E-state index in [1.807, 2.05) is 0 Å². The molecular weight excluding hydrogens is 454 g/mol.